The zero-order valence-corrected chi connectivity index (χ0v) is 13.0. The summed E-state index contributed by atoms with van der Waals surface area (Å²) in [4.78, 5) is 20.1. The van der Waals surface area contributed by atoms with Crippen LogP contribution in [0.3, 0.4) is 0 Å². The number of oxazole rings is 1. The van der Waals surface area contributed by atoms with Crippen LogP contribution in [0.5, 0.6) is 0 Å². The van der Waals surface area contributed by atoms with E-state index in [4.69, 9.17) is 16.0 Å². The molecule has 116 valence electrons. The third-order valence-corrected chi connectivity index (χ3v) is 3.52. The number of rotatable bonds is 5. The van der Waals surface area contributed by atoms with E-state index < -0.39 is 0 Å². The van der Waals surface area contributed by atoms with Crippen LogP contribution in [-0.4, -0.2) is 15.9 Å². The Hall–Kier alpha value is -2.66. The summed E-state index contributed by atoms with van der Waals surface area (Å²) in [5.74, 6) is 1.48. The molecule has 3 aromatic rings. The van der Waals surface area contributed by atoms with Crippen LogP contribution in [0.15, 0.2) is 59.3 Å². The minimum Gasteiger partial charge on any atom is -0.441 e. The van der Waals surface area contributed by atoms with Crippen molar-refractivity contribution in [2.75, 3.05) is 5.32 Å². The summed E-state index contributed by atoms with van der Waals surface area (Å²) in [6, 6.07) is 12.7. The highest BCUT2D eigenvalue weighted by Crippen LogP contribution is 2.28. The van der Waals surface area contributed by atoms with Crippen molar-refractivity contribution in [3.8, 4) is 11.3 Å². The minimum atomic E-state index is -0.138. The molecule has 0 radical (unpaired) electrons. The number of pyridine rings is 1. The lowest BCUT2D eigenvalue weighted by Gasteiger charge is -2.02. The maximum absolute atomic E-state index is 11.9. The Morgan fingerprint density at radius 1 is 1.13 bits per heavy atom. The van der Waals surface area contributed by atoms with Gasteiger partial charge in [0.1, 0.15) is 5.82 Å². The molecule has 0 aliphatic rings. The number of anilines is 1. The van der Waals surface area contributed by atoms with E-state index in [2.05, 4.69) is 15.3 Å². The lowest BCUT2D eigenvalue weighted by molar-refractivity contribution is -0.116. The molecule has 0 unspecified atom stereocenters. The maximum Gasteiger partial charge on any atom is 0.226 e. The third kappa shape index (κ3) is 3.96. The van der Waals surface area contributed by atoms with Crippen LogP contribution in [0.4, 0.5) is 5.82 Å². The molecule has 0 atom stereocenters. The molecule has 2 heterocycles. The number of halogens is 1. The fraction of sp³-hybridized carbons (Fsp3) is 0.118. The second kappa shape index (κ2) is 7.07. The van der Waals surface area contributed by atoms with E-state index in [1.54, 1.807) is 30.6 Å². The van der Waals surface area contributed by atoms with Crippen LogP contribution in [0.2, 0.25) is 5.02 Å². The lowest BCUT2D eigenvalue weighted by atomic mass is 10.2. The van der Waals surface area contributed by atoms with Gasteiger partial charge in [0, 0.05) is 24.6 Å². The SMILES string of the molecule is O=C(CCc1ncc(-c2ccccc2Cl)o1)Nc1ccccn1. The van der Waals surface area contributed by atoms with Gasteiger partial charge >= 0.3 is 0 Å². The summed E-state index contributed by atoms with van der Waals surface area (Å²) in [6.45, 7) is 0. The lowest BCUT2D eigenvalue weighted by Crippen LogP contribution is -2.13. The Kier molecular flexibility index (Phi) is 4.68. The molecule has 2 aromatic heterocycles. The van der Waals surface area contributed by atoms with Crippen molar-refractivity contribution in [2.45, 2.75) is 12.8 Å². The molecular formula is C17H14ClN3O2. The highest BCUT2D eigenvalue weighted by atomic mass is 35.5. The van der Waals surface area contributed by atoms with Gasteiger partial charge in [-0.3, -0.25) is 4.79 Å². The number of hydrogen-bond acceptors (Lipinski definition) is 4. The Morgan fingerprint density at radius 2 is 1.96 bits per heavy atom. The van der Waals surface area contributed by atoms with E-state index in [-0.39, 0.29) is 12.3 Å². The van der Waals surface area contributed by atoms with Gasteiger partial charge < -0.3 is 9.73 Å². The first-order valence-electron chi connectivity index (χ1n) is 7.13. The number of aromatic nitrogens is 2. The van der Waals surface area contributed by atoms with E-state index in [9.17, 15) is 4.79 Å². The molecule has 1 amide bonds. The number of hydrogen-bond donors (Lipinski definition) is 1. The van der Waals surface area contributed by atoms with Crippen LogP contribution in [0, 0.1) is 0 Å². The van der Waals surface area contributed by atoms with Gasteiger partial charge in [-0.2, -0.15) is 0 Å². The zero-order valence-electron chi connectivity index (χ0n) is 12.2. The molecular weight excluding hydrogens is 314 g/mol. The molecule has 0 aliphatic carbocycles. The molecule has 1 aromatic carbocycles. The van der Waals surface area contributed by atoms with E-state index in [1.807, 2.05) is 24.3 Å². The largest absolute Gasteiger partial charge is 0.441 e. The predicted molar refractivity (Wildman–Crippen MR) is 88.1 cm³/mol. The Bertz CT molecular complexity index is 802. The molecule has 1 N–H and O–H groups in total. The van der Waals surface area contributed by atoms with Gasteiger partial charge in [0.15, 0.2) is 11.7 Å². The van der Waals surface area contributed by atoms with E-state index in [0.717, 1.165) is 5.56 Å². The van der Waals surface area contributed by atoms with Crippen molar-refractivity contribution in [2.24, 2.45) is 0 Å². The molecule has 0 aliphatic heterocycles. The molecule has 3 rings (SSSR count). The van der Waals surface area contributed by atoms with Crippen LogP contribution < -0.4 is 5.32 Å². The summed E-state index contributed by atoms with van der Waals surface area (Å²) in [7, 11) is 0. The predicted octanol–water partition coefficient (Wildman–Crippen LogP) is 3.96. The van der Waals surface area contributed by atoms with Gasteiger partial charge in [0.2, 0.25) is 5.91 Å². The fourth-order valence-electron chi connectivity index (χ4n) is 2.07. The van der Waals surface area contributed by atoms with E-state index in [0.29, 0.717) is 28.9 Å². The Labute approximate surface area is 138 Å². The molecule has 0 spiro atoms. The number of nitrogens with one attached hydrogen (secondary N) is 1. The van der Waals surface area contributed by atoms with Gasteiger partial charge in [0.05, 0.1) is 11.2 Å². The molecule has 0 bridgehead atoms. The number of nitrogens with zero attached hydrogens (tertiary/aromatic N) is 2. The second-order valence-electron chi connectivity index (χ2n) is 4.86. The topological polar surface area (TPSA) is 68.0 Å². The first kappa shape index (κ1) is 15.2. The van der Waals surface area contributed by atoms with Crippen LogP contribution in [-0.2, 0) is 11.2 Å². The van der Waals surface area contributed by atoms with Crippen LogP contribution in [0.25, 0.3) is 11.3 Å². The molecule has 23 heavy (non-hydrogen) atoms. The highest BCUT2D eigenvalue weighted by Gasteiger charge is 2.11. The molecule has 0 fully saturated rings. The average Bonchev–Trinajstić information content (AvgIpc) is 3.03. The first-order valence-corrected chi connectivity index (χ1v) is 7.50. The van der Waals surface area contributed by atoms with Gasteiger partial charge in [0.25, 0.3) is 0 Å². The monoisotopic (exact) mass is 327 g/mol. The number of carbonyl (C=O) groups is 1. The van der Waals surface area contributed by atoms with Crippen molar-refractivity contribution in [3.05, 3.63) is 65.8 Å². The number of amides is 1. The van der Waals surface area contributed by atoms with Crippen molar-refractivity contribution in [3.63, 3.8) is 0 Å². The van der Waals surface area contributed by atoms with Crippen molar-refractivity contribution >= 4 is 23.3 Å². The zero-order chi connectivity index (χ0) is 16.1. The summed E-state index contributed by atoms with van der Waals surface area (Å²) in [6.07, 6.45) is 3.91. The summed E-state index contributed by atoms with van der Waals surface area (Å²) < 4.78 is 5.66. The van der Waals surface area contributed by atoms with Gasteiger partial charge in [-0.1, -0.05) is 29.8 Å². The second-order valence-corrected chi connectivity index (χ2v) is 5.27. The highest BCUT2D eigenvalue weighted by molar-refractivity contribution is 6.33. The molecule has 0 saturated carbocycles. The number of benzene rings is 1. The van der Waals surface area contributed by atoms with E-state index >= 15 is 0 Å². The Balaban J connectivity index is 1.59. The number of aryl methyl sites for hydroxylation is 1. The van der Waals surface area contributed by atoms with Crippen molar-refractivity contribution in [1.82, 2.24) is 9.97 Å². The average molecular weight is 328 g/mol. The fourth-order valence-corrected chi connectivity index (χ4v) is 2.30. The normalized spacial score (nSPS) is 10.5. The minimum absolute atomic E-state index is 0.138. The smallest absolute Gasteiger partial charge is 0.226 e. The molecule has 0 saturated heterocycles. The van der Waals surface area contributed by atoms with Crippen molar-refractivity contribution in [1.29, 1.82) is 0 Å². The maximum atomic E-state index is 11.9. The Morgan fingerprint density at radius 3 is 2.74 bits per heavy atom. The summed E-state index contributed by atoms with van der Waals surface area (Å²) >= 11 is 6.13. The molecule has 5 nitrogen and oxygen atoms in total. The van der Waals surface area contributed by atoms with Gasteiger partial charge in [-0.25, -0.2) is 9.97 Å². The third-order valence-electron chi connectivity index (χ3n) is 3.19. The standard InChI is InChI=1S/C17H14ClN3O2/c18-13-6-2-1-5-12(13)14-11-20-17(23-14)9-8-16(22)21-15-7-3-4-10-19-15/h1-7,10-11H,8-9H2,(H,19,21,22). The summed E-state index contributed by atoms with van der Waals surface area (Å²) in [5, 5.41) is 3.32. The number of carbonyl (C=O) groups excluding carboxylic acids is 1. The molecule has 6 heteroatoms. The van der Waals surface area contributed by atoms with Crippen LogP contribution >= 0.6 is 11.6 Å². The first-order chi connectivity index (χ1) is 11.2. The van der Waals surface area contributed by atoms with Gasteiger partial charge in [-0.05, 0) is 24.3 Å². The summed E-state index contributed by atoms with van der Waals surface area (Å²) in [5.41, 5.74) is 0.783. The van der Waals surface area contributed by atoms with Crippen LogP contribution in [0.1, 0.15) is 12.3 Å². The van der Waals surface area contributed by atoms with Crippen molar-refractivity contribution < 1.29 is 9.21 Å². The van der Waals surface area contributed by atoms with Gasteiger partial charge in [-0.15, -0.1) is 0 Å². The quantitative estimate of drug-likeness (QED) is 0.770. The van der Waals surface area contributed by atoms with E-state index in [1.165, 1.54) is 0 Å².